The Morgan fingerprint density at radius 2 is 1.93 bits per heavy atom. The molecule has 3 N–H and O–H groups in total. The molecule has 3 fully saturated rings. The third-order valence-corrected chi connectivity index (χ3v) is 6.87. The zero-order chi connectivity index (χ0) is 18.2. The molecule has 1 aliphatic carbocycles. The normalized spacial score (nSPS) is 29.6. The minimum atomic E-state index is 0.588. The van der Waals surface area contributed by atoms with Crippen LogP contribution in [-0.4, -0.2) is 69.6 Å². The van der Waals surface area contributed by atoms with E-state index in [9.17, 15) is 0 Å². The summed E-state index contributed by atoms with van der Waals surface area (Å²) < 4.78 is 0. The average molecular weight is 371 g/mol. The molecule has 0 radical (unpaired) electrons. The van der Waals surface area contributed by atoms with Crippen LogP contribution in [-0.2, 0) is 0 Å². The molecule has 3 aliphatic rings. The molecule has 8 heteroatoms. The van der Waals surface area contributed by atoms with Crippen molar-refractivity contribution >= 4 is 17.0 Å². The van der Waals surface area contributed by atoms with Crippen molar-refractivity contribution in [2.24, 2.45) is 5.92 Å². The number of hydrogen-bond acceptors (Lipinski definition) is 7. The second-order valence-corrected chi connectivity index (χ2v) is 8.41. The predicted molar refractivity (Wildman–Crippen MR) is 105 cm³/mol. The summed E-state index contributed by atoms with van der Waals surface area (Å²) in [5.74, 6) is 1.79. The summed E-state index contributed by atoms with van der Waals surface area (Å²) in [6, 6.07) is 1.92. The Labute approximate surface area is 160 Å². The maximum Gasteiger partial charge on any atom is 0.182 e. The molecule has 1 saturated carbocycles. The Balaban J connectivity index is 1.19. The van der Waals surface area contributed by atoms with E-state index < -0.39 is 0 Å². The fraction of sp³-hybridized carbons (Fsp3) is 0.737. The lowest BCUT2D eigenvalue weighted by atomic mass is 9.81. The molecule has 4 heterocycles. The Hall–Kier alpha value is -1.77. The first-order chi connectivity index (χ1) is 13.3. The second-order valence-electron chi connectivity index (χ2n) is 8.41. The lowest BCUT2D eigenvalue weighted by Gasteiger charge is -2.39. The van der Waals surface area contributed by atoms with Crippen molar-refractivity contribution in [3.05, 3.63) is 12.7 Å². The Kier molecular flexibility index (Phi) is 4.71. The molecular formula is C19H30N8. The molecule has 3 atom stereocenters. The van der Waals surface area contributed by atoms with Crippen LogP contribution in [0.25, 0.3) is 11.2 Å². The highest BCUT2D eigenvalue weighted by Gasteiger charge is 2.38. The van der Waals surface area contributed by atoms with Crippen molar-refractivity contribution in [3.8, 4) is 0 Å². The summed E-state index contributed by atoms with van der Waals surface area (Å²) in [6.07, 6.45) is 11.1. The standard InChI is InChI=1S/C19H30N8/c1-26(10-16-14-4-2-3-5-15(14)24-25-16)13-6-8-27(9-7-13)19-17-18(21-11-20-17)22-12-23-19/h11-16,24-25H,2-10H2,1H3,(H,20,21,22,23). The molecular weight excluding hydrogens is 340 g/mol. The van der Waals surface area contributed by atoms with E-state index in [1.807, 2.05) is 0 Å². The first kappa shape index (κ1) is 17.3. The number of rotatable bonds is 4. The van der Waals surface area contributed by atoms with Gasteiger partial charge in [-0.05, 0) is 38.6 Å². The van der Waals surface area contributed by atoms with E-state index in [1.54, 1.807) is 12.7 Å². The van der Waals surface area contributed by atoms with Gasteiger partial charge in [-0.2, -0.15) is 0 Å². The number of hydrazine groups is 1. The highest BCUT2D eigenvalue weighted by molar-refractivity contribution is 5.82. The number of nitrogens with one attached hydrogen (secondary N) is 3. The molecule has 8 nitrogen and oxygen atoms in total. The molecule has 2 aromatic rings. The molecule has 2 saturated heterocycles. The van der Waals surface area contributed by atoms with Gasteiger partial charge in [0, 0.05) is 37.8 Å². The molecule has 146 valence electrons. The van der Waals surface area contributed by atoms with E-state index in [1.165, 1.54) is 38.5 Å². The number of piperidine rings is 1. The monoisotopic (exact) mass is 370 g/mol. The zero-order valence-corrected chi connectivity index (χ0v) is 16.1. The van der Waals surface area contributed by atoms with E-state index in [4.69, 9.17) is 0 Å². The number of aromatic amines is 1. The average Bonchev–Trinajstić information content (AvgIpc) is 3.35. The van der Waals surface area contributed by atoms with Crippen LogP contribution >= 0.6 is 0 Å². The van der Waals surface area contributed by atoms with Crippen LogP contribution in [0.5, 0.6) is 0 Å². The molecule has 0 aromatic carbocycles. The minimum absolute atomic E-state index is 0.588. The van der Waals surface area contributed by atoms with Crippen LogP contribution < -0.4 is 15.8 Å². The number of fused-ring (bicyclic) bond motifs is 2. The second kappa shape index (κ2) is 7.33. The molecule has 0 spiro atoms. The van der Waals surface area contributed by atoms with Gasteiger partial charge < -0.3 is 14.8 Å². The first-order valence-corrected chi connectivity index (χ1v) is 10.4. The van der Waals surface area contributed by atoms with E-state index >= 15 is 0 Å². The molecule has 3 unspecified atom stereocenters. The van der Waals surface area contributed by atoms with Gasteiger partial charge in [-0.1, -0.05) is 12.8 Å². The lowest BCUT2D eigenvalue weighted by molar-refractivity contribution is 0.172. The van der Waals surface area contributed by atoms with Crippen LogP contribution in [0.3, 0.4) is 0 Å². The maximum absolute atomic E-state index is 4.51. The van der Waals surface area contributed by atoms with Crippen molar-refractivity contribution < 1.29 is 0 Å². The number of nitrogens with zero attached hydrogens (tertiary/aromatic N) is 5. The van der Waals surface area contributed by atoms with Crippen LogP contribution in [0.4, 0.5) is 5.82 Å². The number of anilines is 1. The summed E-state index contributed by atoms with van der Waals surface area (Å²) in [7, 11) is 2.30. The van der Waals surface area contributed by atoms with Crippen molar-refractivity contribution in [1.29, 1.82) is 0 Å². The number of likely N-dealkylation sites (N-methyl/N-ethyl adjacent to an activating group) is 1. The largest absolute Gasteiger partial charge is 0.355 e. The van der Waals surface area contributed by atoms with Crippen LogP contribution in [0, 0.1) is 5.92 Å². The van der Waals surface area contributed by atoms with Crippen molar-refractivity contribution in [1.82, 2.24) is 35.7 Å². The van der Waals surface area contributed by atoms with Gasteiger partial charge in [-0.25, -0.2) is 15.0 Å². The van der Waals surface area contributed by atoms with Gasteiger partial charge in [0.15, 0.2) is 11.5 Å². The smallest absolute Gasteiger partial charge is 0.182 e. The van der Waals surface area contributed by atoms with Gasteiger partial charge in [0.25, 0.3) is 0 Å². The SMILES string of the molecule is CN(CC1NNC2CCCCC21)C1CCN(c2ncnc3nc[nH]c23)CC1. The quantitative estimate of drug-likeness (QED) is 0.748. The molecule has 27 heavy (non-hydrogen) atoms. The van der Waals surface area contributed by atoms with Crippen molar-refractivity contribution in [2.45, 2.75) is 56.7 Å². The summed E-state index contributed by atoms with van der Waals surface area (Å²) in [5, 5.41) is 0. The third-order valence-electron chi connectivity index (χ3n) is 6.87. The topological polar surface area (TPSA) is 85.0 Å². The number of hydrogen-bond donors (Lipinski definition) is 3. The number of imidazole rings is 1. The van der Waals surface area contributed by atoms with E-state index in [0.29, 0.717) is 18.1 Å². The first-order valence-electron chi connectivity index (χ1n) is 10.4. The van der Waals surface area contributed by atoms with E-state index in [2.05, 4.69) is 47.6 Å². The van der Waals surface area contributed by atoms with Gasteiger partial charge in [0.1, 0.15) is 11.8 Å². The van der Waals surface area contributed by atoms with Gasteiger partial charge in [0.05, 0.1) is 6.33 Å². The van der Waals surface area contributed by atoms with Gasteiger partial charge >= 0.3 is 0 Å². The summed E-state index contributed by atoms with van der Waals surface area (Å²) >= 11 is 0. The fourth-order valence-electron chi connectivity index (χ4n) is 5.29. The maximum atomic E-state index is 4.51. The molecule has 2 aromatic heterocycles. The van der Waals surface area contributed by atoms with Gasteiger partial charge in [-0.3, -0.25) is 10.9 Å². The number of aromatic nitrogens is 4. The summed E-state index contributed by atoms with van der Waals surface area (Å²) in [5.41, 5.74) is 8.85. The van der Waals surface area contributed by atoms with Crippen LogP contribution in [0.1, 0.15) is 38.5 Å². The Bertz CT molecular complexity index is 768. The summed E-state index contributed by atoms with van der Waals surface area (Å²) in [4.78, 5) is 21.1. The zero-order valence-electron chi connectivity index (χ0n) is 16.1. The van der Waals surface area contributed by atoms with E-state index in [-0.39, 0.29) is 0 Å². The van der Waals surface area contributed by atoms with E-state index in [0.717, 1.165) is 42.5 Å². The highest BCUT2D eigenvalue weighted by atomic mass is 15.4. The molecule has 0 amide bonds. The van der Waals surface area contributed by atoms with Gasteiger partial charge in [-0.15, -0.1) is 0 Å². The third kappa shape index (κ3) is 3.30. The van der Waals surface area contributed by atoms with Crippen LogP contribution in [0.2, 0.25) is 0 Å². The Morgan fingerprint density at radius 1 is 1.07 bits per heavy atom. The minimum Gasteiger partial charge on any atom is -0.355 e. The molecule has 0 bridgehead atoms. The summed E-state index contributed by atoms with van der Waals surface area (Å²) in [6.45, 7) is 3.20. The Morgan fingerprint density at radius 3 is 2.81 bits per heavy atom. The van der Waals surface area contributed by atoms with Crippen LogP contribution in [0.15, 0.2) is 12.7 Å². The lowest BCUT2D eigenvalue weighted by Crippen LogP contribution is -2.49. The molecule has 2 aliphatic heterocycles. The van der Waals surface area contributed by atoms with Crippen molar-refractivity contribution in [2.75, 3.05) is 31.6 Å². The van der Waals surface area contributed by atoms with Crippen molar-refractivity contribution in [3.63, 3.8) is 0 Å². The predicted octanol–water partition coefficient (Wildman–Crippen LogP) is 1.29. The highest BCUT2D eigenvalue weighted by Crippen LogP contribution is 2.31. The fourth-order valence-corrected chi connectivity index (χ4v) is 5.29. The number of H-pyrrole nitrogens is 1. The molecule has 5 rings (SSSR count). The van der Waals surface area contributed by atoms with Gasteiger partial charge in [0.2, 0.25) is 0 Å².